The molecule has 6 nitrogen and oxygen atoms in total. The normalized spacial score (nSPS) is 12.0. The van der Waals surface area contributed by atoms with Crippen molar-refractivity contribution in [3.63, 3.8) is 0 Å². The van der Waals surface area contributed by atoms with Gasteiger partial charge in [-0.25, -0.2) is 0 Å². The van der Waals surface area contributed by atoms with E-state index < -0.39 is 8.56 Å². The summed E-state index contributed by atoms with van der Waals surface area (Å²) in [4.78, 5) is 19.2. The quantitative estimate of drug-likeness (QED) is 0.268. The Morgan fingerprint density at radius 1 is 0.800 bits per heavy atom. The molecule has 0 bridgehead atoms. The Balaban J connectivity index is 3.40. The lowest BCUT2D eigenvalue weighted by molar-refractivity contribution is 0.137. The van der Waals surface area contributed by atoms with Crippen LogP contribution in [0.15, 0.2) is 0 Å². The molecule has 0 aliphatic heterocycles. The van der Waals surface area contributed by atoms with Crippen LogP contribution in [0.25, 0.3) is 0 Å². The van der Waals surface area contributed by atoms with E-state index in [1.807, 2.05) is 0 Å². The van der Waals surface area contributed by atoms with Crippen LogP contribution in [0, 0.1) is 0 Å². The van der Waals surface area contributed by atoms with E-state index >= 15 is 0 Å². The summed E-state index contributed by atoms with van der Waals surface area (Å²) in [7, 11) is -3.13. The number of ether oxygens (including phenoxy) is 2. The molecule has 0 aromatic rings. The highest BCUT2D eigenvalue weighted by atomic mass is 28.4. The van der Waals surface area contributed by atoms with E-state index in [9.17, 15) is 9.59 Å². The van der Waals surface area contributed by atoms with Crippen molar-refractivity contribution >= 4 is 8.56 Å². The first-order valence-corrected chi connectivity index (χ1v) is 7.43. The van der Waals surface area contributed by atoms with E-state index in [1.54, 1.807) is 0 Å². The molecule has 7 heteroatoms. The van der Waals surface area contributed by atoms with Crippen molar-refractivity contribution < 1.29 is 19.1 Å². The second-order valence-electron chi connectivity index (χ2n) is 3.28. The molecule has 0 spiro atoms. The molecule has 0 amide bonds. The van der Waals surface area contributed by atoms with Gasteiger partial charge in [0, 0.05) is 38.4 Å². The molecule has 15 heavy (non-hydrogen) atoms. The molecule has 0 aliphatic rings. The minimum Gasteiger partial charge on any atom is -0.411 e. The monoisotopic (exact) mass is 238 g/mol. The summed E-state index contributed by atoms with van der Waals surface area (Å²) in [6, 6.07) is 0.581. The third kappa shape index (κ3) is 10.3. The van der Waals surface area contributed by atoms with E-state index in [2.05, 4.69) is 0 Å². The predicted molar refractivity (Wildman–Crippen MR) is 59.6 cm³/mol. The molecule has 0 heterocycles. The first-order chi connectivity index (χ1) is 7.12. The van der Waals surface area contributed by atoms with Crippen molar-refractivity contribution in [2.45, 2.75) is 12.1 Å². The molecular weight excluding hydrogens is 216 g/mol. The van der Waals surface area contributed by atoms with Crippen molar-refractivity contribution in [2.75, 3.05) is 39.5 Å². The van der Waals surface area contributed by atoms with Gasteiger partial charge in [0.05, 0.1) is 13.2 Å². The van der Waals surface area contributed by atoms with Gasteiger partial charge in [0.15, 0.2) is 0 Å². The largest absolute Gasteiger partial charge is 0.411 e. The number of nitrogens with two attached hydrogens (primary N) is 2. The van der Waals surface area contributed by atoms with Crippen LogP contribution >= 0.6 is 0 Å². The standard InChI is InChI=1S/C8H22N2O4Si/c9-1-3-13-5-7-15(11,12)8-6-14-4-2-10/h11-12H,1-10H2. The Hall–Kier alpha value is -0.0231. The molecule has 0 rings (SSSR count). The highest BCUT2D eigenvalue weighted by Crippen LogP contribution is 2.08. The summed E-state index contributed by atoms with van der Waals surface area (Å²) in [5.74, 6) is 0. The SMILES string of the molecule is NCCOCC[Si](O)(O)CCOCCN. The van der Waals surface area contributed by atoms with Gasteiger partial charge in [0.25, 0.3) is 0 Å². The van der Waals surface area contributed by atoms with E-state index in [4.69, 9.17) is 20.9 Å². The average Bonchev–Trinajstić information content (AvgIpc) is 2.20. The maximum atomic E-state index is 9.59. The fourth-order valence-corrected chi connectivity index (χ4v) is 2.16. The highest BCUT2D eigenvalue weighted by molar-refractivity contribution is 6.64. The minimum absolute atomic E-state index is 0.291. The fraction of sp³-hybridized carbons (Fsp3) is 1.00. The van der Waals surface area contributed by atoms with Crippen molar-refractivity contribution in [2.24, 2.45) is 11.5 Å². The van der Waals surface area contributed by atoms with E-state index in [1.165, 1.54) is 0 Å². The Morgan fingerprint density at radius 3 is 1.53 bits per heavy atom. The maximum Gasteiger partial charge on any atom is 0.337 e. The molecule has 0 aliphatic carbocycles. The lowest BCUT2D eigenvalue weighted by atomic mass is 10.7. The zero-order chi connectivity index (χ0) is 11.6. The van der Waals surface area contributed by atoms with E-state index in [0.29, 0.717) is 51.6 Å². The minimum atomic E-state index is -3.13. The predicted octanol–water partition coefficient (Wildman–Crippen LogP) is -1.64. The zero-order valence-corrected chi connectivity index (χ0v) is 10.0. The average molecular weight is 238 g/mol. The third-order valence-corrected chi connectivity index (χ3v) is 3.83. The molecule has 0 saturated carbocycles. The number of hydrogen-bond acceptors (Lipinski definition) is 6. The van der Waals surface area contributed by atoms with Crippen LogP contribution in [0.5, 0.6) is 0 Å². The lowest BCUT2D eigenvalue weighted by Crippen LogP contribution is -2.37. The second-order valence-corrected chi connectivity index (χ2v) is 6.25. The second kappa shape index (κ2) is 9.22. The van der Waals surface area contributed by atoms with Crippen LogP contribution in [0.4, 0.5) is 0 Å². The van der Waals surface area contributed by atoms with Crippen LogP contribution < -0.4 is 11.5 Å². The van der Waals surface area contributed by atoms with Gasteiger partial charge in [-0.3, -0.25) is 0 Å². The van der Waals surface area contributed by atoms with Gasteiger partial charge in [-0.05, 0) is 0 Å². The van der Waals surface area contributed by atoms with Gasteiger partial charge in [-0.15, -0.1) is 0 Å². The van der Waals surface area contributed by atoms with Crippen LogP contribution in [-0.2, 0) is 9.47 Å². The fourth-order valence-electron chi connectivity index (χ4n) is 0.967. The summed E-state index contributed by atoms with van der Waals surface area (Å²) in [6.07, 6.45) is 0. The van der Waals surface area contributed by atoms with E-state index in [-0.39, 0.29) is 0 Å². The summed E-state index contributed by atoms with van der Waals surface area (Å²) in [5.41, 5.74) is 10.4. The Bertz CT molecular complexity index is 135. The van der Waals surface area contributed by atoms with Crippen molar-refractivity contribution in [3.8, 4) is 0 Å². The van der Waals surface area contributed by atoms with Crippen LogP contribution in [0.1, 0.15) is 0 Å². The van der Waals surface area contributed by atoms with Crippen molar-refractivity contribution in [3.05, 3.63) is 0 Å². The van der Waals surface area contributed by atoms with Crippen molar-refractivity contribution in [1.29, 1.82) is 0 Å². The van der Waals surface area contributed by atoms with Gasteiger partial charge >= 0.3 is 8.56 Å². The third-order valence-electron chi connectivity index (χ3n) is 1.82. The molecule has 0 aromatic heterocycles. The van der Waals surface area contributed by atoms with Gasteiger partial charge in [0.2, 0.25) is 0 Å². The summed E-state index contributed by atoms with van der Waals surface area (Å²) >= 11 is 0. The highest BCUT2D eigenvalue weighted by Gasteiger charge is 2.28. The molecule has 6 N–H and O–H groups in total. The molecule has 0 fully saturated rings. The molecular formula is C8H22N2O4Si. The molecule has 0 saturated heterocycles. The van der Waals surface area contributed by atoms with Crippen molar-refractivity contribution in [1.82, 2.24) is 0 Å². The molecule has 92 valence electrons. The van der Waals surface area contributed by atoms with Crippen LogP contribution in [-0.4, -0.2) is 57.7 Å². The topological polar surface area (TPSA) is 111 Å². The van der Waals surface area contributed by atoms with Gasteiger partial charge in [0.1, 0.15) is 0 Å². The smallest absolute Gasteiger partial charge is 0.337 e. The first kappa shape index (κ1) is 15.0. The Labute approximate surface area is 91.4 Å². The summed E-state index contributed by atoms with van der Waals surface area (Å²) in [5, 5.41) is 0. The molecule has 0 atom stereocenters. The molecule has 0 aromatic carbocycles. The Kier molecular flexibility index (Phi) is 9.21. The Morgan fingerprint density at radius 2 is 1.20 bits per heavy atom. The van der Waals surface area contributed by atoms with Gasteiger partial charge in [-0.1, -0.05) is 0 Å². The molecule has 0 unspecified atom stereocenters. The van der Waals surface area contributed by atoms with Gasteiger partial charge < -0.3 is 30.5 Å². The summed E-state index contributed by atoms with van der Waals surface area (Å²) < 4.78 is 10.2. The zero-order valence-electron chi connectivity index (χ0n) is 9.02. The van der Waals surface area contributed by atoms with Gasteiger partial charge in [-0.2, -0.15) is 0 Å². The first-order valence-electron chi connectivity index (χ1n) is 5.13. The van der Waals surface area contributed by atoms with Crippen LogP contribution in [0.2, 0.25) is 12.1 Å². The maximum absolute atomic E-state index is 9.59. The van der Waals surface area contributed by atoms with Crippen LogP contribution in [0.3, 0.4) is 0 Å². The number of hydrogen-bond donors (Lipinski definition) is 4. The molecule has 0 radical (unpaired) electrons. The van der Waals surface area contributed by atoms with E-state index in [0.717, 1.165) is 0 Å². The number of rotatable bonds is 10. The summed E-state index contributed by atoms with van der Waals surface area (Å²) in [6.45, 7) is 2.49. The lowest BCUT2D eigenvalue weighted by Gasteiger charge is -2.17.